The monoisotopic (exact) mass is 224 g/mol. The van der Waals surface area contributed by atoms with E-state index in [9.17, 15) is 0 Å². The summed E-state index contributed by atoms with van der Waals surface area (Å²) in [6.45, 7) is 0.0643. The molecule has 0 spiro atoms. The molecule has 0 atom stereocenters. The van der Waals surface area contributed by atoms with Crippen LogP contribution in [0.1, 0.15) is 5.56 Å². The zero-order chi connectivity index (χ0) is 5.98. The van der Waals surface area contributed by atoms with E-state index in [4.69, 9.17) is 5.11 Å². The van der Waals surface area contributed by atoms with E-state index in [0.717, 1.165) is 9.26 Å². The standard InChI is InChI=1S/C4H5IN2O/c5-4-3(2-8)1-6-7-4/h1,8H,2H2,(H,6,7). The summed E-state index contributed by atoms with van der Waals surface area (Å²) in [5, 5.41) is 14.9. The Bertz CT molecular complexity index is 174. The number of aliphatic hydroxyl groups excluding tert-OH is 1. The van der Waals surface area contributed by atoms with Crippen LogP contribution in [0.2, 0.25) is 0 Å². The molecule has 0 amide bonds. The highest BCUT2D eigenvalue weighted by Crippen LogP contribution is 2.05. The average Bonchev–Trinajstić information content (AvgIpc) is 2.14. The van der Waals surface area contributed by atoms with Gasteiger partial charge in [-0.05, 0) is 22.6 Å². The molecule has 1 rings (SSSR count). The van der Waals surface area contributed by atoms with Crippen LogP contribution in [0, 0.1) is 3.70 Å². The van der Waals surface area contributed by atoms with Crippen molar-refractivity contribution >= 4 is 22.6 Å². The highest BCUT2D eigenvalue weighted by molar-refractivity contribution is 14.1. The van der Waals surface area contributed by atoms with Crippen molar-refractivity contribution in [1.82, 2.24) is 10.2 Å². The SMILES string of the molecule is OCc1cn[nH]c1I. The number of aromatic amines is 1. The van der Waals surface area contributed by atoms with Crippen molar-refractivity contribution in [2.75, 3.05) is 0 Å². The van der Waals surface area contributed by atoms with Crippen molar-refractivity contribution < 1.29 is 5.11 Å². The van der Waals surface area contributed by atoms with Crippen molar-refractivity contribution in [3.05, 3.63) is 15.5 Å². The van der Waals surface area contributed by atoms with Crippen molar-refractivity contribution in [1.29, 1.82) is 0 Å². The van der Waals surface area contributed by atoms with E-state index < -0.39 is 0 Å². The van der Waals surface area contributed by atoms with Gasteiger partial charge in [0.2, 0.25) is 0 Å². The van der Waals surface area contributed by atoms with Crippen LogP contribution in [0.25, 0.3) is 0 Å². The minimum Gasteiger partial charge on any atom is -0.392 e. The Hall–Kier alpha value is -0.100. The summed E-state index contributed by atoms with van der Waals surface area (Å²) in [6.07, 6.45) is 1.61. The molecule has 1 heterocycles. The third-order valence-electron chi connectivity index (χ3n) is 0.835. The highest BCUT2D eigenvalue weighted by atomic mass is 127. The highest BCUT2D eigenvalue weighted by Gasteiger charge is 1.96. The summed E-state index contributed by atoms with van der Waals surface area (Å²) >= 11 is 2.08. The Kier molecular flexibility index (Phi) is 1.85. The third kappa shape index (κ3) is 1.00. The molecular formula is C4H5IN2O. The van der Waals surface area contributed by atoms with Gasteiger partial charge in [0.1, 0.15) is 3.70 Å². The lowest BCUT2D eigenvalue weighted by molar-refractivity contribution is 0.281. The number of nitrogens with zero attached hydrogens (tertiary/aromatic N) is 1. The predicted octanol–water partition coefficient (Wildman–Crippen LogP) is 0.507. The van der Waals surface area contributed by atoms with Gasteiger partial charge < -0.3 is 5.11 Å². The fourth-order valence-corrected chi connectivity index (χ4v) is 0.855. The molecule has 0 bridgehead atoms. The molecule has 0 unspecified atom stereocenters. The average molecular weight is 224 g/mol. The van der Waals surface area contributed by atoms with Crippen molar-refractivity contribution in [3.8, 4) is 0 Å². The van der Waals surface area contributed by atoms with Crippen LogP contribution in [-0.4, -0.2) is 15.3 Å². The van der Waals surface area contributed by atoms with Crippen LogP contribution in [0.5, 0.6) is 0 Å². The molecular weight excluding hydrogens is 219 g/mol. The topological polar surface area (TPSA) is 48.9 Å². The van der Waals surface area contributed by atoms with Gasteiger partial charge in [-0.2, -0.15) is 5.10 Å². The van der Waals surface area contributed by atoms with E-state index in [1.165, 1.54) is 0 Å². The van der Waals surface area contributed by atoms with Crippen molar-refractivity contribution in [2.24, 2.45) is 0 Å². The first-order valence-corrected chi connectivity index (χ1v) is 3.21. The molecule has 44 valence electrons. The van der Waals surface area contributed by atoms with Gasteiger partial charge in [-0.25, -0.2) is 0 Å². The molecule has 0 saturated carbocycles. The molecule has 0 fully saturated rings. The normalized spacial score (nSPS) is 9.75. The molecule has 4 heteroatoms. The van der Waals surface area contributed by atoms with Crippen LogP contribution >= 0.6 is 22.6 Å². The minimum absolute atomic E-state index is 0.0643. The maximum absolute atomic E-state index is 8.54. The van der Waals surface area contributed by atoms with Gasteiger partial charge in [-0.1, -0.05) is 0 Å². The summed E-state index contributed by atoms with van der Waals surface area (Å²) < 4.78 is 0.908. The number of hydrogen-bond donors (Lipinski definition) is 2. The van der Waals surface area contributed by atoms with Gasteiger partial charge in [-0.3, -0.25) is 5.10 Å². The fraction of sp³-hybridized carbons (Fsp3) is 0.250. The van der Waals surface area contributed by atoms with E-state index in [-0.39, 0.29) is 6.61 Å². The second-order valence-electron chi connectivity index (χ2n) is 1.37. The maximum Gasteiger partial charge on any atom is 0.101 e. The first-order chi connectivity index (χ1) is 3.84. The molecule has 8 heavy (non-hydrogen) atoms. The van der Waals surface area contributed by atoms with Gasteiger partial charge in [0.25, 0.3) is 0 Å². The lowest BCUT2D eigenvalue weighted by atomic mass is 10.4. The molecule has 3 nitrogen and oxygen atoms in total. The number of nitrogens with one attached hydrogen (secondary N) is 1. The molecule has 0 aliphatic rings. The molecule has 0 aromatic carbocycles. The van der Waals surface area contributed by atoms with Gasteiger partial charge in [-0.15, -0.1) is 0 Å². The number of halogens is 1. The largest absolute Gasteiger partial charge is 0.392 e. The molecule has 1 aromatic heterocycles. The molecule has 2 N–H and O–H groups in total. The number of hydrogen-bond acceptors (Lipinski definition) is 2. The smallest absolute Gasteiger partial charge is 0.101 e. The quantitative estimate of drug-likeness (QED) is 0.682. The van der Waals surface area contributed by atoms with Crippen LogP contribution < -0.4 is 0 Å². The zero-order valence-corrected chi connectivity index (χ0v) is 6.21. The van der Waals surface area contributed by atoms with Crippen molar-refractivity contribution in [3.63, 3.8) is 0 Å². The second kappa shape index (κ2) is 2.45. The summed E-state index contributed by atoms with van der Waals surface area (Å²) in [6, 6.07) is 0. The van der Waals surface area contributed by atoms with E-state index in [2.05, 4.69) is 32.8 Å². The number of aliphatic hydroxyl groups is 1. The third-order valence-corrected chi connectivity index (χ3v) is 1.77. The van der Waals surface area contributed by atoms with Gasteiger partial charge in [0.05, 0.1) is 12.8 Å². The first kappa shape index (κ1) is 6.03. The van der Waals surface area contributed by atoms with Crippen LogP contribution in [0.3, 0.4) is 0 Å². The lowest BCUT2D eigenvalue weighted by Crippen LogP contribution is -1.80. The van der Waals surface area contributed by atoms with E-state index >= 15 is 0 Å². The van der Waals surface area contributed by atoms with Crippen LogP contribution in [-0.2, 0) is 6.61 Å². The number of aromatic nitrogens is 2. The summed E-state index contributed by atoms with van der Waals surface area (Å²) in [7, 11) is 0. The Balaban J connectivity index is 2.92. The summed E-state index contributed by atoms with van der Waals surface area (Å²) in [5.41, 5.74) is 0.852. The molecule has 1 aromatic rings. The summed E-state index contributed by atoms with van der Waals surface area (Å²) in [5.74, 6) is 0. The second-order valence-corrected chi connectivity index (χ2v) is 2.45. The van der Waals surface area contributed by atoms with Gasteiger partial charge in [0, 0.05) is 5.56 Å². The number of H-pyrrole nitrogens is 1. The maximum atomic E-state index is 8.54. The Morgan fingerprint density at radius 2 is 2.62 bits per heavy atom. The Morgan fingerprint density at radius 1 is 1.88 bits per heavy atom. The Labute approximate surface area is 60.2 Å². The molecule has 0 saturated heterocycles. The molecule has 0 aliphatic heterocycles. The van der Waals surface area contributed by atoms with Crippen LogP contribution in [0.15, 0.2) is 6.20 Å². The molecule has 0 aliphatic carbocycles. The first-order valence-electron chi connectivity index (χ1n) is 2.13. The van der Waals surface area contributed by atoms with Crippen molar-refractivity contribution in [2.45, 2.75) is 6.61 Å². The van der Waals surface area contributed by atoms with Crippen LogP contribution in [0.4, 0.5) is 0 Å². The van der Waals surface area contributed by atoms with Gasteiger partial charge in [0.15, 0.2) is 0 Å². The minimum atomic E-state index is 0.0643. The van der Waals surface area contributed by atoms with Gasteiger partial charge >= 0.3 is 0 Å². The van der Waals surface area contributed by atoms with E-state index in [1.807, 2.05) is 0 Å². The lowest BCUT2D eigenvalue weighted by Gasteiger charge is -1.84. The fourth-order valence-electron chi connectivity index (χ4n) is 0.406. The van der Waals surface area contributed by atoms with E-state index in [1.54, 1.807) is 6.20 Å². The van der Waals surface area contributed by atoms with E-state index in [0.29, 0.717) is 0 Å². The molecule has 0 radical (unpaired) electrons. The zero-order valence-electron chi connectivity index (χ0n) is 4.06. The predicted molar refractivity (Wildman–Crippen MR) is 37.2 cm³/mol. The Morgan fingerprint density at radius 3 is 2.88 bits per heavy atom. The summed E-state index contributed by atoms with van der Waals surface area (Å²) in [4.78, 5) is 0. The number of rotatable bonds is 1.